The van der Waals surface area contributed by atoms with Gasteiger partial charge >= 0.3 is 0 Å². The van der Waals surface area contributed by atoms with Crippen molar-refractivity contribution in [2.75, 3.05) is 45.9 Å². The molecule has 0 saturated carbocycles. The number of ether oxygens (including phenoxy) is 2. The van der Waals surface area contributed by atoms with Crippen LogP contribution in [0.3, 0.4) is 0 Å². The molecule has 21 heavy (non-hydrogen) atoms. The van der Waals surface area contributed by atoms with E-state index >= 15 is 0 Å². The zero-order chi connectivity index (χ0) is 14.7. The van der Waals surface area contributed by atoms with Gasteiger partial charge in [0, 0.05) is 32.7 Å². The standard InChI is InChI=1S/C15H20N2O4/c18-10-9-16-5-7-17(8-6-16)15(19)14-11-20-12-3-1-2-4-13(12)21-14/h1-4,14,18H,5-11H2/t14-/m1/s1. The topological polar surface area (TPSA) is 62.2 Å². The summed E-state index contributed by atoms with van der Waals surface area (Å²) in [5.74, 6) is 1.29. The molecular formula is C15H20N2O4. The van der Waals surface area contributed by atoms with E-state index < -0.39 is 6.10 Å². The van der Waals surface area contributed by atoms with Crippen LogP contribution in [0, 0.1) is 0 Å². The number of hydrogen-bond donors (Lipinski definition) is 1. The first-order chi connectivity index (χ1) is 10.3. The van der Waals surface area contributed by atoms with E-state index in [-0.39, 0.29) is 19.1 Å². The Hall–Kier alpha value is -1.79. The minimum atomic E-state index is -0.565. The van der Waals surface area contributed by atoms with Gasteiger partial charge in [0.25, 0.3) is 5.91 Å². The largest absolute Gasteiger partial charge is 0.485 e. The van der Waals surface area contributed by atoms with E-state index in [1.54, 1.807) is 0 Å². The third-order valence-corrected chi connectivity index (χ3v) is 3.88. The molecule has 0 unspecified atom stereocenters. The molecule has 6 nitrogen and oxygen atoms in total. The molecule has 1 saturated heterocycles. The predicted octanol–water partition coefficient (Wildman–Crippen LogP) is -0.0371. The van der Waals surface area contributed by atoms with Gasteiger partial charge in [0.05, 0.1) is 6.61 Å². The predicted molar refractivity (Wildman–Crippen MR) is 76.5 cm³/mol. The number of aliphatic hydroxyl groups excluding tert-OH is 1. The number of nitrogens with zero attached hydrogens (tertiary/aromatic N) is 2. The van der Waals surface area contributed by atoms with Crippen molar-refractivity contribution in [3.63, 3.8) is 0 Å². The number of fused-ring (bicyclic) bond motifs is 1. The number of piperazine rings is 1. The van der Waals surface area contributed by atoms with E-state index in [9.17, 15) is 4.79 Å². The van der Waals surface area contributed by atoms with Crippen molar-refractivity contribution in [1.82, 2.24) is 9.80 Å². The van der Waals surface area contributed by atoms with Crippen LogP contribution in [0.15, 0.2) is 24.3 Å². The molecule has 1 atom stereocenters. The Kier molecular flexibility index (Phi) is 4.26. The zero-order valence-electron chi connectivity index (χ0n) is 11.9. The van der Waals surface area contributed by atoms with Crippen LogP contribution >= 0.6 is 0 Å². The molecule has 0 bridgehead atoms. The molecule has 1 amide bonds. The molecule has 0 aliphatic carbocycles. The lowest BCUT2D eigenvalue weighted by Crippen LogP contribution is -2.54. The summed E-state index contributed by atoms with van der Waals surface area (Å²) >= 11 is 0. The lowest BCUT2D eigenvalue weighted by Gasteiger charge is -2.36. The van der Waals surface area contributed by atoms with E-state index in [0.717, 1.165) is 13.1 Å². The zero-order valence-corrected chi connectivity index (χ0v) is 11.9. The molecular weight excluding hydrogens is 272 g/mol. The Morgan fingerprint density at radius 3 is 2.62 bits per heavy atom. The summed E-state index contributed by atoms with van der Waals surface area (Å²) in [6, 6.07) is 7.39. The molecule has 3 rings (SSSR count). The van der Waals surface area contributed by atoms with Gasteiger partial charge in [-0.1, -0.05) is 12.1 Å². The molecule has 0 aromatic heterocycles. The summed E-state index contributed by atoms with van der Waals surface area (Å²) < 4.78 is 11.3. The van der Waals surface area contributed by atoms with Gasteiger partial charge in [0.2, 0.25) is 6.10 Å². The summed E-state index contributed by atoms with van der Waals surface area (Å²) in [7, 11) is 0. The number of rotatable bonds is 3. The highest BCUT2D eigenvalue weighted by atomic mass is 16.6. The fraction of sp³-hybridized carbons (Fsp3) is 0.533. The quantitative estimate of drug-likeness (QED) is 0.847. The molecule has 0 radical (unpaired) electrons. The third-order valence-electron chi connectivity index (χ3n) is 3.88. The van der Waals surface area contributed by atoms with Crippen molar-refractivity contribution >= 4 is 5.91 Å². The van der Waals surface area contributed by atoms with Gasteiger partial charge in [-0.25, -0.2) is 0 Å². The van der Waals surface area contributed by atoms with Crippen molar-refractivity contribution in [2.24, 2.45) is 0 Å². The van der Waals surface area contributed by atoms with Gasteiger partial charge in [0.15, 0.2) is 11.5 Å². The smallest absolute Gasteiger partial charge is 0.267 e. The summed E-state index contributed by atoms with van der Waals surface area (Å²) in [6.07, 6.45) is -0.565. The van der Waals surface area contributed by atoms with Crippen LogP contribution < -0.4 is 9.47 Å². The first-order valence-electron chi connectivity index (χ1n) is 7.28. The highest BCUT2D eigenvalue weighted by Gasteiger charge is 2.32. The molecule has 2 heterocycles. The van der Waals surface area contributed by atoms with Gasteiger partial charge < -0.3 is 19.5 Å². The number of aliphatic hydroxyl groups is 1. The monoisotopic (exact) mass is 292 g/mol. The second-order valence-electron chi connectivity index (χ2n) is 5.25. The Labute approximate surface area is 123 Å². The number of amides is 1. The number of β-amino-alcohol motifs (C(OH)–C–C–N with tert-alkyl or cyclic N) is 1. The first kappa shape index (κ1) is 14.2. The van der Waals surface area contributed by atoms with E-state index in [4.69, 9.17) is 14.6 Å². The molecule has 1 aromatic rings. The van der Waals surface area contributed by atoms with Gasteiger partial charge in [-0.05, 0) is 12.1 Å². The van der Waals surface area contributed by atoms with E-state index in [2.05, 4.69) is 4.90 Å². The Morgan fingerprint density at radius 1 is 1.19 bits per heavy atom. The third kappa shape index (κ3) is 3.11. The number of para-hydroxylation sites is 2. The van der Waals surface area contributed by atoms with Crippen LogP contribution in [0.25, 0.3) is 0 Å². The van der Waals surface area contributed by atoms with Gasteiger partial charge in [0.1, 0.15) is 6.61 Å². The Bertz CT molecular complexity index is 500. The molecule has 1 fully saturated rings. The van der Waals surface area contributed by atoms with Crippen LogP contribution in [-0.2, 0) is 4.79 Å². The van der Waals surface area contributed by atoms with E-state index in [0.29, 0.717) is 31.1 Å². The average Bonchev–Trinajstić information content (AvgIpc) is 2.55. The maximum atomic E-state index is 12.5. The van der Waals surface area contributed by atoms with Crippen LogP contribution in [-0.4, -0.2) is 72.9 Å². The summed E-state index contributed by atoms with van der Waals surface area (Å²) in [5.41, 5.74) is 0. The van der Waals surface area contributed by atoms with Crippen LogP contribution in [0.4, 0.5) is 0 Å². The van der Waals surface area contributed by atoms with Crippen molar-refractivity contribution in [1.29, 1.82) is 0 Å². The minimum absolute atomic E-state index is 0.0202. The normalized spacial score (nSPS) is 22.1. The second-order valence-corrected chi connectivity index (χ2v) is 5.25. The number of carbonyl (C=O) groups excluding carboxylic acids is 1. The summed E-state index contributed by atoms with van der Waals surface area (Å²) in [4.78, 5) is 16.4. The molecule has 1 aromatic carbocycles. The van der Waals surface area contributed by atoms with Gasteiger partial charge in [-0.3, -0.25) is 9.69 Å². The maximum absolute atomic E-state index is 12.5. The molecule has 0 spiro atoms. The number of carbonyl (C=O) groups is 1. The minimum Gasteiger partial charge on any atom is -0.485 e. The number of benzene rings is 1. The number of hydrogen-bond acceptors (Lipinski definition) is 5. The van der Waals surface area contributed by atoms with Crippen LogP contribution in [0.2, 0.25) is 0 Å². The van der Waals surface area contributed by atoms with Crippen molar-refractivity contribution in [3.8, 4) is 11.5 Å². The SMILES string of the molecule is O=C([C@H]1COc2ccccc2O1)N1CCN(CCO)CC1. The van der Waals surface area contributed by atoms with Gasteiger partial charge in [-0.15, -0.1) is 0 Å². The van der Waals surface area contributed by atoms with Crippen molar-refractivity contribution < 1.29 is 19.4 Å². The van der Waals surface area contributed by atoms with Crippen molar-refractivity contribution in [3.05, 3.63) is 24.3 Å². The van der Waals surface area contributed by atoms with E-state index in [1.165, 1.54) is 0 Å². The second kappa shape index (κ2) is 6.32. The molecule has 114 valence electrons. The summed E-state index contributed by atoms with van der Waals surface area (Å²) in [5, 5.41) is 8.93. The van der Waals surface area contributed by atoms with Crippen LogP contribution in [0.1, 0.15) is 0 Å². The highest BCUT2D eigenvalue weighted by molar-refractivity contribution is 5.82. The van der Waals surface area contributed by atoms with Crippen molar-refractivity contribution in [2.45, 2.75) is 6.10 Å². The molecule has 6 heteroatoms. The lowest BCUT2D eigenvalue weighted by molar-refractivity contribution is -0.143. The Morgan fingerprint density at radius 2 is 1.90 bits per heavy atom. The maximum Gasteiger partial charge on any atom is 0.267 e. The fourth-order valence-electron chi connectivity index (χ4n) is 2.68. The van der Waals surface area contributed by atoms with E-state index in [1.807, 2.05) is 29.2 Å². The lowest BCUT2D eigenvalue weighted by atomic mass is 10.2. The molecule has 2 aliphatic rings. The van der Waals surface area contributed by atoms with Gasteiger partial charge in [-0.2, -0.15) is 0 Å². The molecule has 1 N–H and O–H groups in total. The van der Waals surface area contributed by atoms with Crippen LogP contribution in [0.5, 0.6) is 11.5 Å². The summed E-state index contributed by atoms with van der Waals surface area (Å²) in [6.45, 7) is 3.99. The first-order valence-corrected chi connectivity index (χ1v) is 7.28. The highest BCUT2D eigenvalue weighted by Crippen LogP contribution is 2.31. The molecule has 2 aliphatic heterocycles. The Balaban J connectivity index is 1.57. The average molecular weight is 292 g/mol. The fourth-order valence-corrected chi connectivity index (χ4v) is 2.68.